The molecule has 1 aromatic heterocycles. The van der Waals surface area contributed by atoms with Crippen LogP contribution >= 0.6 is 0 Å². The van der Waals surface area contributed by atoms with Crippen LogP contribution in [0.1, 0.15) is 0 Å². The van der Waals surface area contributed by atoms with E-state index in [2.05, 4.69) is 20.7 Å². The number of nitrogen functional groups attached to an aromatic ring is 1. The lowest BCUT2D eigenvalue weighted by molar-refractivity contribution is -0.384. The first-order valence-corrected chi connectivity index (χ1v) is 6.03. The number of nitrogens with two attached hydrogens (primary N) is 1. The van der Waals surface area contributed by atoms with Crippen LogP contribution in [-0.2, 0) is 0 Å². The van der Waals surface area contributed by atoms with E-state index in [0.29, 0.717) is 5.69 Å². The van der Waals surface area contributed by atoms with Crippen LogP contribution in [0.4, 0.5) is 28.8 Å². The van der Waals surface area contributed by atoms with E-state index >= 15 is 0 Å². The smallest absolute Gasteiger partial charge is 0.329 e. The second-order valence-electron chi connectivity index (χ2n) is 4.40. The minimum absolute atomic E-state index is 0.0684. The third-order valence-corrected chi connectivity index (χ3v) is 2.72. The van der Waals surface area contributed by atoms with Crippen molar-refractivity contribution in [3.05, 3.63) is 40.6 Å². The summed E-state index contributed by atoms with van der Waals surface area (Å²) in [6.45, 7) is 0. The molecule has 0 saturated heterocycles. The molecule has 21 heavy (non-hydrogen) atoms. The first-order valence-electron chi connectivity index (χ1n) is 6.03. The maximum absolute atomic E-state index is 11.0. The van der Waals surface area contributed by atoms with Gasteiger partial charge < -0.3 is 10.2 Å². The molecule has 2 rings (SSSR count). The van der Waals surface area contributed by atoms with Gasteiger partial charge in [-0.2, -0.15) is 4.98 Å². The van der Waals surface area contributed by atoms with Gasteiger partial charge in [0, 0.05) is 25.5 Å². The first-order chi connectivity index (χ1) is 10.0. The minimum atomic E-state index is -0.557. The second-order valence-corrected chi connectivity index (χ2v) is 4.40. The van der Waals surface area contributed by atoms with Crippen molar-refractivity contribution < 1.29 is 4.92 Å². The van der Waals surface area contributed by atoms with Gasteiger partial charge in [-0.1, -0.05) is 6.07 Å². The number of nitrogens with zero attached hydrogens (tertiary/aromatic N) is 4. The number of rotatable bonds is 5. The molecule has 0 amide bonds. The van der Waals surface area contributed by atoms with Gasteiger partial charge in [-0.15, -0.1) is 0 Å². The fourth-order valence-corrected chi connectivity index (χ4v) is 1.67. The Hall–Kier alpha value is -2.94. The van der Waals surface area contributed by atoms with E-state index in [0.717, 1.165) is 11.9 Å². The Morgan fingerprint density at radius 1 is 1.38 bits per heavy atom. The predicted octanol–water partition coefficient (Wildman–Crippen LogP) is 1.48. The molecule has 9 nitrogen and oxygen atoms in total. The summed E-state index contributed by atoms with van der Waals surface area (Å²) >= 11 is 0. The lowest BCUT2D eigenvalue weighted by Gasteiger charge is -2.14. The minimum Gasteiger partial charge on any atom is -0.378 e. The molecule has 0 spiro atoms. The van der Waals surface area contributed by atoms with Crippen molar-refractivity contribution in [3.63, 3.8) is 0 Å². The fraction of sp³-hybridized carbons (Fsp3) is 0.167. The molecule has 0 aliphatic heterocycles. The molecular weight excluding hydrogens is 274 g/mol. The molecule has 9 heteroatoms. The summed E-state index contributed by atoms with van der Waals surface area (Å²) in [6, 6.07) is 7.40. The molecule has 0 unspecified atom stereocenters. The normalized spacial score (nSPS) is 10.0. The van der Waals surface area contributed by atoms with E-state index in [-0.39, 0.29) is 17.5 Å². The standard InChI is InChI=1S/C12H15N7O2/c1-18(2)9-5-3-4-8(6-9)15-11-10(19(20)21)7-14-12(16-11)17-13/h3-7H,13H2,1-2H3,(H2,14,15,16,17). The summed E-state index contributed by atoms with van der Waals surface area (Å²) in [5.74, 6) is 5.38. The van der Waals surface area contributed by atoms with Crippen LogP contribution in [0.5, 0.6) is 0 Å². The van der Waals surface area contributed by atoms with E-state index in [1.165, 1.54) is 0 Å². The molecular formula is C12H15N7O2. The molecule has 0 atom stereocenters. The number of nitrogens with one attached hydrogen (secondary N) is 2. The average molecular weight is 289 g/mol. The molecule has 0 bridgehead atoms. The number of hydrazine groups is 1. The topological polar surface area (TPSA) is 122 Å². The number of hydrogen-bond acceptors (Lipinski definition) is 8. The SMILES string of the molecule is CN(C)c1cccc(Nc2nc(NN)ncc2[N+](=O)[O-])c1. The third-order valence-electron chi connectivity index (χ3n) is 2.72. The molecule has 110 valence electrons. The van der Waals surface area contributed by atoms with Gasteiger partial charge in [-0.3, -0.25) is 15.5 Å². The van der Waals surface area contributed by atoms with Gasteiger partial charge in [0.2, 0.25) is 11.8 Å². The summed E-state index contributed by atoms with van der Waals surface area (Å²) < 4.78 is 0. The molecule has 0 fully saturated rings. The number of benzene rings is 1. The van der Waals surface area contributed by atoms with Crippen molar-refractivity contribution in [1.82, 2.24) is 9.97 Å². The highest BCUT2D eigenvalue weighted by molar-refractivity contribution is 5.68. The fourth-order valence-electron chi connectivity index (χ4n) is 1.67. The Balaban J connectivity index is 2.38. The van der Waals surface area contributed by atoms with E-state index in [1.54, 1.807) is 6.07 Å². The van der Waals surface area contributed by atoms with Gasteiger partial charge in [0.25, 0.3) is 0 Å². The van der Waals surface area contributed by atoms with Gasteiger partial charge in [-0.25, -0.2) is 10.8 Å². The number of hydrogen-bond donors (Lipinski definition) is 3. The zero-order valence-corrected chi connectivity index (χ0v) is 11.6. The van der Waals surface area contributed by atoms with Gasteiger partial charge in [0.1, 0.15) is 6.20 Å². The highest BCUT2D eigenvalue weighted by Crippen LogP contribution is 2.27. The molecule has 0 saturated carbocycles. The van der Waals surface area contributed by atoms with Crippen LogP contribution < -0.4 is 21.5 Å². The van der Waals surface area contributed by atoms with Gasteiger partial charge in [0.15, 0.2) is 0 Å². The molecule has 0 radical (unpaired) electrons. The lowest BCUT2D eigenvalue weighted by Crippen LogP contribution is -2.12. The average Bonchev–Trinajstić information content (AvgIpc) is 2.47. The second kappa shape index (κ2) is 6.01. The molecule has 1 heterocycles. The maximum Gasteiger partial charge on any atom is 0.329 e. The Morgan fingerprint density at radius 3 is 2.76 bits per heavy atom. The maximum atomic E-state index is 11.0. The Morgan fingerprint density at radius 2 is 2.14 bits per heavy atom. The highest BCUT2D eigenvalue weighted by Gasteiger charge is 2.17. The van der Waals surface area contributed by atoms with Crippen LogP contribution in [0.2, 0.25) is 0 Å². The monoisotopic (exact) mass is 289 g/mol. The summed E-state index contributed by atoms with van der Waals surface area (Å²) in [5.41, 5.74) is 3.65. The Bertz CT molecular complexity index is 660. The quantitative estimate of drug-likeness (QED) is 0.430. The lowest BCUT2D eigenvalue weighted by atomic mass is 10.2. The van der Waals surface area contributed by atoms with Crippen LogP contribution in [-0.4, -0.2) is 29.0 Å². The highest BCUT2D eigenvalue weighted by atomic mass is 16.6. The summed E-state index contributed by atoms with van der Waals surface area (Å²) in [4.78, 5) is 20.1. The zero-order chi connectivity index (χ0) is 15.4. The third kappa shape index (κ3) is 3.34. The Kier molecular flexibility index (Phi) is 4.14. The van der Waals surface area contributed by atoms with E-state index in [9.17, 15) is 10.1 Å². The molecule has 4 N–H and O–H groups in total. The van der Waals surface area contributed by atoms with E-state index in [4.69, 9.17) is 5.84 Å². The number of aromatic nitrogens is 2. The van der Waals surface area contributed by atoms with E-state index < -0.39 is 4.92 Å². The predicted molar refractivity (Wildman–Crippen MR) is 80.5 cm³/mol. The van der Waals surface area contributed by atoms with Gasteiger partial charge in [0.05, 0.1) is 4.92 Å². The van der Waals surface area contributed by atoms with Crippen molar-refractivity contribution >= 4 is 28.8 Å². The van der Waals surface area contributed by atoms with E-state index in [1.807, 2.05) is 37.2 Å². The van der Waals surface area contributed by atoms with Crippen molar-refractivity contribution in [2.24, 2.45) is 5.84 Å². The zero-order valence-electron chi connectivity index (χ0n) is 11.6. The molecule has 0 aliphatic carbocycles. The molecule has 1 aromatic carbocycles. The Labute approximate surface area is 120 Å². The van der Waals surface area contributed by atoms with Gasteiger partial charge in [-0.05, 0) is 18.2 Å². The van der Waals surface area contributed by atoms with Crippen LogP contribution in [0.3, 0.4) is 0 Å². The van der Waals surface area contributed by atoms with Crippen LogP contribution in [0.15, 0.2) is 30.5 Å². The number of anilines is 4. The molecule has 2 aromatic rings. The summed E-state index contributed by atoms with van der Waals surface area (Å²) in [5, 5.41) is 13.9. The van der Waals surface area contributed by atoms with Crippen molar-refractivity contribution in [2.75, 3.05) is 29.7 Å². The van der Waals surface area contributed by atoms with Crippen molar-refractivity contribution in [2.45, 2.75) is 0 Å². The summed E-state index contributed by atoms with van der Waals surface area (Å²) in [7, 11) is 3.81. The van der Waals surface area contributed by atoms with Crippen LogP contribution in [0.25, 0.3) is 0 Å². The van der Waals surface area contributed by atoms with Crippen molar-refractivity contribution in [3.8, 4) is 0 Å². The molecule has 0 aliphatic rings. The van der Waals surface area contributed by atoms with Crippen molar-refractivity contribution in [1.29, 1.82) is 0 Å². The first kappa shape index (κ1) is 14.5. The number of nitro groups is 1. The van der Waals surface area contributed by atoms with Crippen LogP contribution in [0, 0.1) is 10.1 Å². The summed E-state index contributed by atoms with van der Waals surface area (Å²) in [6.07, 6.45) is 1.10. The largest absolute Gasteiger partial charge is 0.378 e. The van der Waals surface area contributed by atoms with Gasteiger partial charge >= 0.3 is 5.69 Å².